The first-order valence-electron chi connectivity index (χ1n) is 16.5. The smallest absolute Gasteiger partial charge is 0.0547 e. The van der Waals surface area contributed by atoms with Crippen molar-refractivity contribution in [2.75, 3.05) is 0 Å². The van der Waals surface area contributed by atoms with Crippen LogP contribution in [-0.4, -0.2) is 9.13 Å². The number of fused-ring (bicyclic) bond motifs is 10. The van der Waals surface area contributed by atoms with Crippen LogP contribution in [0.1, 0.15) is 25.0 Å². The molecule has 7 aromatic carbocycles. The topological polar surface area (TPSA) is 9.86 Å². The number of rotatable bonds is 3. The summed E-state index contributed by atoms with van der Waals surface area (Å²) in [6, 6.07) is 58.0. The van der Waals surface area contributed by atoms with E-state index in [-0.39, 0.29) is 5.41 Å². The van der Waals surface area contributed by atoms with E-state index in [0.717, 1.165) is 0 Å². The van der Waals surface area contributed by atoms with Crippen LogP contribution in [0.3, 0.4) is 0 Å². The summed E-state index contributed by atoms with van der Waals surface area (Å²) < 4.78 is 4.83. The molecule has 0 unspecified atom stereocenters. The van der Waals surface area contributed by atoms with Crippen LogP contribution in [-0.2, 0) is 5.41 Å². The van der Waals surface area contributed by atoms with Gasteiger partial charge in [-0.3, -0.25) is 0 Å². The van der Waals surface area contributed by atoms with Crippen LogP contribution in [0.15, 0.2) is 158 Å². The fourth-order valence-electron chi connectivity index (χ4n) is 8.35. The van der Waals surface area contributed by atoms with Crippen LogP contribution in [0.5, 0.6) is 0 Å². The van der Waals surface area contributed by atoms with E-state index in [9.17, 15) is 0 Å². The van der Waals surface area contributed by atoms with E-state index in [1.807, 2.05) is 0 Å². The van der Waals surface area contributed by atoms with Crippen molar-refractivity contribution < 1.29 is 0 Å². The predicted octanol–water partition coefficient (Wildman–Crippen LogP) is 11.9. The molecule has 0 amide bonds. The summed E-state index contributed by atoms with van der Waals surface area (Å²) in [5.74, 6) is 0. The summed E-state index contributed by atoms with van der Waals surface area (Å²) in [6.45, 7) is 4.73. The highest BCUT2D eigenvalue weighted by atomic mass is 15.0. The van der Waals surface area contributed by atoms with Crippen LogP contribution < -0.4 is 0 Å². The number of para-hydroxylation sites is 3. The largest absolute Gasteiger partial charge is 0.309 e. The minimum atomic E-state index is -0.0586. The third-order valence-electron chi connectivity index (χ3n) is 10.5. The average Bonchev–Trinajstić information content (AvgIpc) is 3.72. The summed E-state index contributed by atoms with van der Waals surface area (Å²) in [7, 11) is 0. The highest BCUT2D eigenvalue weighted by Crippen LogP contribution is 2.53. The summed E-state index contributed by atoms with van der Waals surface area (Å²) >= 11 is 0. The van der Waals surface area contributed by atoms with Crippen molar-refractivity contribution in [3.8, 4) is 33.6 Å². The first-order valence-corrected chi connectivity index (χ1v) is 16.5. The zero-order chi connectivity index (χ0) is 31.3. The molecule has 1 aliphatic carbocycles. The highest BCUT2D eigenvalue weighted by molar-refractivity contribution is 6.19. The molecule has 0 atom stereocenters. The quantitative estimate of drug-likeness (QED) is 0.191. The molecule has 0 aliphatic heterocycles. The summed E-state index contributed by atoms with van der Waals surface area (Å²) in [6.07, 6.45) is 0. The molecule has 0 radical (unpaired) electrons. The first kappa shape index (κ1) is 26.4. The van der Waals surface area contributed by atoms with Crippen molar-refractivity contribution in [1.29, 1.82) is 0 Å². The Morgan fingerprint density at radius 2 is 0.936 bits per heavy atom. The first-order chi connectivity index (χ1) is 23.1. The van der Waals surface area contributed by atoms with E-state index < -0.39 is 0 Å². The Morgan fingerprint density at radius 3 is 1.66 bits per heavy atom. The average molecular weight is 601 g/mol. The van der Waals surface area contributed by atoms with Gasteiger partial charge in [0, 0.05) is 38.3 Å². The Morgan fingerprint density at radius 1 is 0.404 bits per heavy atom. The summed E-state index contributed by atoms with van der Waals surface area (Å²) in [5.41, 5.74) is 15.2. The van der Waals surface area contributed by atoms with E-state index in [0.29, 0.717) is 0 Å². The predicted molar refractivity (Wildman–Crippen MR) is 198 cm³/mol. The number of hydrogen-bond donors (Lipinski definition) is 0. The summed E-state index contributed by atoms with van der Waals surface area (Å²) in [5, 5.41) is 5.16. The third-order valence-corrected chi connectivity index (χ3v) is 10.5. The third kappa shape index (κ3) is 3.61. The standard InChI is InChI=1S/C45H32N2/c1-45(2)37-19-11-9-18-34(37)43-38(45)23-26-42-44(43)36-28-30(22-25-41(36)47(42)32-15-7-4-8-16-32)29-21-24-40-35(27-29)33-17-10-12-20-39(33)46(40)31-13-5-3-6-14-31/h3-28H,1-2H3. The van der Waals surface area contributed by atoms with E-state index >= 15 is 0 Å². The molecule has 1 aliphatic rings. The van der Waals surface area contributed by atoms with Crippen molar-refractivity contribution in [2.24, 2.45) is 0 Å². The molecule has 2 heteroatoms. The monoisotopic (exact) mass is 600 g/mol. The van der Waals surface area contributed by atoms with Crippen molar-refractivity contribution in [3.63, 3.8) is 0 Å². The van der Waals surface area contributed by atoms with Crippen molar-refractivity contribution in [1.82, 2.24) is 9.13 Å². The van der Waals surface area contributed by atoms with Crippen molar-refractivity contribution >= 4 is 43.6 Å². The molecule has 2 aromatic heterocycles. The van der Waals surface area contributed by atoms with Crippen LogP contribution in [0.25, 0.3) is 77.2 Å². The second-order valence-electron chi connectivity index (χ2n) is 13.4. The molecule has 222 valence electrons. The Labute approximate surface area is 273 Å². The lowest BCUT2D eigenvalue weighted by atomic mass is 9.82. The lowest BCUT2D eigenvalue weighted by Crippen LogP contribution is -2.14. The van der Waals surface area contributed by atoms with Crippen LogP contribution in [0.2, 0.25) is 0 Å². The van der Waals surface area contributed by atoms with Gasteiger partial charge in [0.2, 0.25) is 0 Å². The van der Waals surface area contributed by atoms with Gasteiger partial charge in [-0.15, -0.1) is 0 Å². The van der Waals surface area contributed by atoms with Crippen LogP contribution >= 0.6 is 0 Å². The Hall–Kier alpha value is -5.86. The second-order valence-corrected chi connectivity index (χ2v) is 13.4. The maximum absolute atomic E-state index is 2.44. The molecule has 9 aromatic rings. The van der Waals surface area contributed by atoms with Gasteiger partial charge >= 0.3 is 0 Å². The van der Waals surface area contributed by atoms with Gasteiger partial charge in [0.1, 0.15) is 0 Å². The van der Waals surface area contributed by atoms with Gasteiger partial charge in [0.05, 0.1) is 22.1 Å². The van der Waals surface area contributed by atoms with Gasteiger partial charge in [-0.1, -0.05) is 111 Å². The Bertz CT molecular complexity index is 2690. The van der Waals surface area contributed by atoms with Crippen LogP contribution in [0.4, 0.5) is 0 Å². The number of hydrogen-bond acceptors (Lipinski definition) is 0. The zero-order valence-corrected chi connectivity index (χ0v) is 26.4. The maximum atomic E-state index is 2.44. The van der Waals surface area contributed by atoms with E-state index in [2.05, 4.69) is 181 Å². The van der Waals surface area contributed by atoms with Crippen molar-refractivity contribution in [2.45, 2.75) is 19.3 Å². The fraction of sp³-hybridized carbons (Fsp3) is 0.0667. The second kappa shape index (κ2) is 9.57. The van der Waals surface area contributed by atoms with Crippen LogP contribution in [0, 0.1) is 0 Å². The molecule has 2 nitrogen and oxygen atoms in total. The molecule has 2 heterocycles. The van der Waals surface area contributed by atoms with Gasteiger partial charge in [-0.25, -0.2) is 0 Å². The normalized spacial score (nSPS) is 13.5. The molecular formula is C45H32N2. The molecule has 0 fully saturated rings. The van der Waals surface area contributed by atoms with E-state index in [4.69, 9.17) is 0 Å². The Kier molecular flexibility index (Phi) is 5.37. The minimum Gasteiger partial charge on any atom is -0.309 e. The lowest BCUT2D eigenvalue weighted by molar-refractivity contribution is 0.661. The van der Waals surface area contributed by atoms with E-state index in [1.165, 1.54) is 88.4 Å². The molecule has 10 rings (SSSR count). The lowest BCUT2D eigenvalue weighted by Gasteiger charge is -2.21. The van der Waals surface area contributed by atoms with Gasteiger partial charge in [-0.05, 0) is 94.0 Å². The molecule has 0 bridgehead atoms. The molecule has 47 heavy (non-hydrogen) atoms. The molecule has 0 saturated carbocycles. The number of benzene rings is 7. The maximum Gasteiger partial charge on any atom is 0.0547 e. The number of nitrogens with zero attached hydrogens (tertiary/aromatic N) is 2. The highest BCUT2D eigenvalue weighted by Gasteiger charge is 2.37. The van der Waals surface area contributed by atoms with E-state index in [1.54, 1.807) is 0 Å². The van der Waals surface area contributed by atoms with Crippen molar-refractivity contribution in [3.05, 3.63) is 169 Å². The van der Waals surface area contributed by atoms with Gasteiger partial charge < -0.3 is 9.13 Å². The molecule has 0 saturated heterocycles. The SMILES string of the molecule is CC1(C)c2ccccc2-c2c1ccc1c2c2cc(-c3ccc4c(c3)c3ccccc3n4-c3ccccc3)ccc2n1-c1ccccc1. The fourth-order valence-corrected chi connectivity index (χ4v) is 8.35. The molecular weight excluding hydrogens is 569 g/mol. The zero-order valence-electron chi connectivity index (χ0n) is 26.4. The molecule has 0 N–H and O–H groups in total. The van der Waals surface area contributed by atoms with Gasteiger partial charge in [0.25, 0.3) is 0 Å². The minimum absolute atomic E-state index is 0.0586. The summed E-state index contributed by atoms with van der Waals surface area (Å²) in [4.78, 5) is 0. The Balaban J connectivity index is 1.27. The van der Waals surface area contributed by atoms with Gasteiger partial charge in [0.15, 0.2) is 0 Å². The van der Waals surface area contributed by atoms with Gasteiger partial charge in [-0.2, -0.15) is 0 Å². The molecule has 0 spiro atoms. The number of aromatic nitrogens is 2.